The van der Waals surface area contributed by atoms with Crippen LogP contribution in [0.2, 0.25) is 0 Å². The number of pyridine rings is 1. The van der Waals surface area contributed by atoms with Crippen LogP contribution in [0, 0.1) is 0 Å². The Morgan fingerprint density at radius 2 is 1.89 bits per heavy atom. The van der Waals surface area contributed by atoms with E-state index in [9.17, 15) is 0 Å². The van der Waals surface area contributed by atoms with Gasteiger partial charge in [0.2, 0.25) is 0 Å². The first-order valence-electron chi connectivity index (χ1n) is 7.38. The van der Waals surface area contributed by atoms with Crippen LogP contribution in [-0.4, -0.2) is 31.3 Å². The van der Waals surface area contributed by atoms with Crippen molar-refractivity contribution in [2.24, 2.45) is 0 Å². The van der Waals surface area contributed by atoms with Crippen LogP contribution in [0.25, 0.3) is 0 Å². The van der Waals surface area contributed by atoms with E-state index < -0.39 is 0 Å². The van der Waals surface area contributed by atoms with Gasteiger partial charge in [-0.05, 0) is 25.3 Å². The first kappa shape index (κ1) is 15.8. The van der Waals surface area contributed by atoms with E-state index >= 15 is 0 Å². The average Bonchev–Trinajstić information content (AvgIpc) is 2.44. The Labute approximate surface area is 117 Å². The van der Waals surface area contributed by atoms with E-state index in [4.69, 9.17) is 4.74 Å². The Hall–Kier alpha value is -1.29. The molecular weight excluding hydrogens is 238 g/mol. The van der Waals surface area contributed by atoms with Crippen LogP contribution in [0.5, 0.6) is 0 Å². The highest BCUT2D eigenvalue weighted by Gasteiger charge is 1.96. The fraction of sp³-hybridized carbons (Fsp3) is 0.667. The number of rotatable bonds is 11. The fourth-order valence-corrected chi connectivity index (χ4v) is 1.65. The summed E-state index contributed by atoms with van der Waals surface area (Å²) in [5.74, 6) is 0.936. The van der Waals surface area contributed by atoms with Gasteiger partial charge in [-0.2, -0.15) is 0 Å². The van der Waals surface area contributed by atoms with Gasteiger partial charge in [0.15, 0.2) is 0 Å². The second kappa shape index (κ2) is 10.6. The Morgan fingerprint density at radius 3 is 2.68 bits per heavy atom. The topological polar surface area (TPSA) is 46.2 Å². The molecule has 0 bridgehead atoms. The SMILES string of the molecule is CCCCOCCCNc1ccnc(NCCC)c1. The summed E-state index contributed by atoms with van der Waals surface area (Å²) in [6.45, 7) is 7.94. The zero-order valence-corrected chi connectivity index (χ0v) is 12.2. The predicted octanol–water partition coefficient (Wildman–Crippen LogP) is 3.52. The van der Waals surface area contributed by atoms with Crippen LogP contribution < -0.4 is 10.6 Å². The molecule has 0 unspecified atom stereocenters. The van der Waals surface area contributed by atoms with Crippen molar-refractivity contribution in [3.05, 3.63) is 18.3 Å². The lowest BCUT2D eigenvalue weighted by Gasteiger charge is -2.09. The van der Waals surface area contributed by atoms with E-state index in [0.29, 0.717) is 0 Å². The highest BCUT2D eigenvalue weighted by molar-refractivity contribution is 5.51. The lowest BCUT2D eigenvalue weighted by molar-refractivity contribution is 0.131. The summed E-state index contributed by atoms with van der Waals surface area (Å²) in [5, 5.41) is 6.68. The molecule has 1 aromatic heterocycles. The van der Waals surface area contributed by atoms with Crippen LogP contribution >= 0.6 is 0 Å². The summed E-state index contributed by atoms with van der Waals surface area (Å²) in [6, 6.07) is 4.04. The predicted molar refractivity (Wildman–Crippen MR) is 81.9 cm³/mol. The molecule has 0 radical (unpaired) electrons. The highest BCUT2D eigenvalue weighted by atomic mass is 16.5. The largest absolute Gasteiger partial charge is 0.385 e. The van der Waals surface area contributed by atoms with Gasteiger partial charge < -0.3 is 15.4 Å². The maximum atomic E-state index is 5.52. The van der Waals surface area contributed by atoms with Gasteiger partial charge in [0, 0.05) is 44.3 Å². The molecule has 1 rings (SSSR count). The number of hydrogen-bond acceptors (Lipinski definition) is 4. The Balaban J connectivity index is 2.14. The molecule has 0 aliphatic heterocycles. The number of aromatic nitrogens is 1. The molecule has 0 aliphatic carbocycles. The van der Waals surface area contributed by atoms with Gasteiger partial charge in [-0.1, -0.05) is 20.3 Å². The van der Waals surface area contributed by atoms with Gasteiger partial charge in [-0.25, -0.2) is 4.98 Å². The van der Waals surface area contributed by atoms with Gasteiger partial charge in [-0.15, -0.1) is 0 Å². The van der Waals surface area contributed by atoms with Crippen molar-refractivity contribution >= 4 is 11.5 Å². The second-order valence-electron chi connectivity index (χ2n) is 4.60. The number of nitrogens with one attached hydrogen (secondary N) is 2. The quantitative estimate of drug-likeness (QED) is 0.601. The molecule has 2 N–H and O–H groups in total. The van der Waals surface area contributed by atoms with Gasteiger partial charge in [0.25, 0.3) is 0 Å². The second-order valence-corrected chi connectivity index (χ2v) is 4.60. The Kier molecular flexibility index (Phi) is 8.81. The van der Waals surface area contributed by atoms with E-state index in [1.54, 1.807) is 0 Å². The Morgan fingerprint density at radius 1 is 1.05 bits per heavy atom. The maximum absolute atomic E-state index is 5.52. The zero-order valence-electron chi connectivity index (χ0n) is 12.2. The van der Waals surface area contributed by atoms with Crippen molar-refractivity contribution in [1.82, 2.24) is 4.98 Å². The monoisotopic (exact) mass is 265 g/mol. The normalized spacial score (nSPS) is 10.4. The minimum absolute atomic E-state index is 0.832. The van der Waals surface area contributed by atoms with Crippen LogP contribution in [-0.2, 0) is 4.74 Å². The maximum Gasteiger partial charge on any atom is 0.127 e. The lowest BCUT2D eigenvalue weighted by Crippen LogP contribution is -2.07. The molecule has 0 saturated carbocycles. The Bertz CT molecular complexity index is 331. The molecule has 0 saturated heterocycles. The first-order chi connectivity index (χ1) is 9.36. The first-order valence-corrected chi connectivity index (χ1v) is 7.38. The standard InChI is InChI=1S/C15H27N3O/c1-3-5-11-19-12-6-9-16-14-7-10-18-15(13-14)17-8-4-2/h7,10,13H,3-6,8-9,11-12H2,1-2H3,(H2,16,17,18). The van der Waals surface area contributed by atoms with Gasteiger partial charge in [0.05, 0.1) is 0 Å². The van der Waals surface area contributed by atoms with E-state index in [1.165, 1.54) is 6.42 Å². The number of ether oxygens (including phenoxy) is 1. The number of unbranched alkanes of at least 4 members (excludes halogenated alkanes) is 1. The van der Waals surface area contributed by atoms with Crippen LogP contribution in [0.4, 0.5) is 11.5 Å². The number of hydrogen-bond donors (Lipinski definition) is 2. The zero-order chi connectivity index (χ0) is 13.8. The van der Waals surface area contributed by atoms with Crippen molar-refractivity contribution in [2.45, 2.75) is 39.5 Å². The van der Waals surface area contributed by atoms with Crippen LogP contribution in [0.1, 0.15) is 39.5 Å². The highest BCUT2D eigenvalue weighted by Crippen LogP contribution is 2.11. The van der Waals surface area contributed by atoms with Crippen molar-refractivity contribution in [3.63, 3.8) is 0 Å². The summed E-state index contributed by atoms with van der Waals surface area (Å²) in [4.78, 5) is 4.28. The van der Waals surface area contributed by atoms with Crippen molar-refractivity contribution < 1.29 is 4.74 Å². The van der Waals surface area contributed by atoms with Crippen LogP contribution in [0.15, 0.2) is 18.3 Å². The van der Waals surface area contributed by atoms with Crippen molar-refractivity contribution in [2.75, 3.05) is 36.9 Å². The summed E-state index contributed by atoms with van der Waals surface area (Å²) in [5.41, 5.74) is 1.11. The number of nitrogens with zero attached hydrogens (tertiary/aromatic N) is 1. The summed E-state index contributed by atoms with van der Waals surface area (Å²) in [6.07, 6.45) is 6.32. The van der Waals surface area contributed by atoms with Crippen molar-refractivity contribution in [1.29, 1.82) is 0 Å². The van der Waals surface area contributed by atoms with Crippen LogP contribution in [0.3, 0.4) is 0 Å². The number of anilines is 2. The molecule has 4 heteroatoms. The van der Waals surface area contributed by atoms with E-state index in [2.05, 4.69) is 29.5 Å². The molecule has 0 aliphatic rings. The summed E-state index contributed by atoms with van der Waals surface area (Å²) >= 11 is 0. The van der Waals surface area contributed by atoms with Gasteiger partial charge >= 0.3 is 0 Å². The molecule has 1 heterocycles. The van der Waals surface area contributed by atoms with E-state index in [1.807, 2.05) is 18.3 Å². The fourth-order valence-electron chi connectivity index (χ4n) is 1.65. The van der Waals surface area contributed by atoms with E-state index in [0.717, 1.165) is 57.1 Å². The third-order valence-corrected chi connectivity index (χ3v) is 2.75. The minimum atomic E-state index is 0.832. The smallest absolute Gasteiger partial charge is 0.127 e. The molecule has 0 amide bonds. The van der Waals surface area contributed by atoms with Crippen molar-refractivity contribution in [3.8, 4) is 0 Å². The summed E-state index contributed by atoms with van der Waals surface area (Å²) in [7, 11) is 0. The molecule has 4 nitrogen and oxygen atoms in total. The molecule has 0 fully saturated rings. The molecule has 0 spiro atoms. The molecule has 0 aromatic carbocycles. The summed E-state index contributed by atoms with van der Waals surface area (Å²) < 4.78 is 5.52. The third kappa shape index (κ3) is 7.67. The lowest BCUT2D eigenvalue weighted by atomic mass is 10.3. The van der Waals surface area contributed by atoms with E-state index in [-0.39, 0.29) is 0 Å². The van der Waals surface area contributed by atoms with Gasteiger partial charge in [-0.3, -0.25) is 0 Å². The molecule has 108 valence electrons. The molecule has 1 aromatic rings. The molecule has 19 heavy (non-hydrogen) atoms. The minimum Gasteiger partial charge on any atom is -0.385 e. The molecule has 0 atom stereocenters. The van der Waals surface area contributed by atoms with Gasteiger partial charge in [0.1, 0.15) is 5.82 Å². The third-order valence-electron chi connectivity index (χ3n) is 2.75. The average molecular weight is 265 g/mol. The molecular formula is C15H27N3O.